The highest BCUT2D eigenvalue weighted by atomic mass is 35.5. The van der Waals surface area contributed by atoms with Crippen LogP contribution >= 0.6 is 12.4 Å². The smallest absolute Gasteiger partial charge is 0.305 e. The minimum Gasteiger partial charge on any atom is -0.469 e. The van der Waals surface area contributed by atoms with Crippen LogP contribution in [0.25, 0.3) is 0 Å². The van der Waals surface area contributed by atoms with Gasteiger partial charge in [0.15, 0.2) is 0 Å². The number of rotatable bonds is 6. The quantitative estimate of drug-likeness (QED) is 0.733. The van der Waals surface area contributed by atoms with Crippen LogP contribution in [-0.2, 0) is 27.8 Å². The van der Waals surface area contributed by atoms with E-state index in [0.29, 0.717) is 19.4 Å². The standard InChI is InChI=1S/C19H24N4O3.ClH/c1-23-12-14(9-21-23)16-10-20-11-17(16)19(25)22-15-6-3-13(4-7-15)5-8-18(24)26-2;/h3-4,6-7,9,12,16-17,20H,5,8,10-11H2,1-2H3,(H,22,25);1H/t16-,17+;/m1./s1. The zero-order valence-corrected chi connectivity index (χ0v) is 16.3. The maximum Gasteiger partial charge on any atom is 0.305 e. The molecule has 1 saturated heterocycles. The van der Waals surface area contributed by atoms with E-state index in [2.05, 4.69) is 20.5 Å². The van der Waals surface area contributed by atoms with Crippen molar-refractivity contribution < 1.29 is 14.3 Å². The van der Waals surface area contributed by atoms with Gasteiger partial charge in [-0.2, -0.15) is 5.10 Å². The molecular weight excluding hydrogens is 368 g/mol. The Hall–Kier alpha value is -2.38. The van der Waals surface area contributed by atoms with E-state index in [9.17, 15) is 9.59 Å². The molecule has 146 valence electrons. The molecule has 8 heteroatoms. The maximum absolute atomic E-state index is 12.7. The van der Waals surface area contributed by atoms with Crippen LogP contribution in [0.1, 0.15) is 23.5 Å². The summed E-state index contributed by atoms with van der Waals surface area (Å²) < 4.78 is 6.41. The molecule has 2 N–H and O–H groups in total. The van der Waals surface area contributed by atoms with E-state index in [1.165, 1.54) is 7.11 Å². The number of carbonyl (C=O) groups excluding carboxylic acids is 2. The van der Waals surface area contributed by atoms with Crippen LogP contribution in [0.3, 0.4) is 0 Å². The van der Waals surface area contributed by atoms with Gasteiger partial charge in [-0.1, -0.05) is 12.1 Å². The first-order valence-electron chi connectivity index (χ1n) is 8.72. The number of hydrogen-bond acceptors (Lipinski definition) is 5. The zero-order chi connectivity index (χ0) is 18.5. The van der Waals surface area contributed by atoms with Crippen molar-refractivity contribution in [3.05, 3.63) is 47.8 Å². The molecule has 1 aliphatic heterocycles. The molecule has 0 radical (unpaired) electrons. The highest BCUT2D eigenvalue weighted by Gasteiger charge is 2.34. The van der Waals surface area contributed by atoms with Gasteiger partial charge < -0.3 is 15.4 Å². The summed E-state index contributed by atoms with van der Waals surface area (Å²) >= 11 is 0. The van der Waals surface area contributed by atoms with Gasteiger partial charge >= 0.3 is 5.97 Å². The number of halogens is 1. The molecule has 1 aromatic heterocycles. The number of anilines is 1. The molecule has 27 heavy (non-hydrogen) atoms. The van der Waals surface area contributed by atoms with Crippen LogP contribution < -0.4 is 10.6 Å². The van der Waals surface area contributed by atoms with Crippen molar-refractivity contribution in [1.29, 1.82) is 0 Å². The van der Waals surface area contributed by atoms with Crippen molar-refractivity contribution in [1.82, 2.24) is 15.1 Å². The molecule has 3 rings (SSSR count). The number of methoxy groups -OCH3 is 1. The average molecular weight is 393 g/mol. The van der Waals surface area contributed by atoms with Crippen LogP contribution in [0.15, 0.2) is 36.7 Å². The van der Waals surface area contributed by atoms with E-state index in [0.717, 1.165) is 23.4 Å². The van der Waals surface area contributed by atoms with Crippen molar-refractivity contribution in [3.63, 3.8) is 0 Å². The van der Waals surface area contributed by atoms with Crippen LogP contribution in [0.2, 0.25) is 0 Å². The Morgan fingerprint density at radius 1 is 1.30 bits per heavy atom. The number of aromatic nitrogens is 2. The lowest BCUT2D eigenvalue weighted by Gasteiger charge is -2.17. The first-order valence-corrected chi connectivity index (χ1v) is 8.72. The molecule has 1 amide bonds. The normalized spacial score (nSPS) is 18.6. The summed E-state index contributed by atoms with van der Waals surface area (Å²) in [5, 5.41) is 10.5. The average Bonchev–Trinajstić information content (AvgIpc) is 3.29. The molecule has 1 aromatic carbocycles. The topological polar surface area (TPSA) is 85.2 Å². The van der Waals surface area contributed by atoms with Crippen molar-refractivity contribution in [3.8, 4) is 0 Å². The molecule has 2 heterocycles. The van der Waals surface area contributed by atoms with Crippen molar-refractivity contribution in [2.24, 2.45) is 13.0 Å². The molecule has 0 spiro atoms. The fourth-order valence-corrected chi connectivity index (χ4v) is 3.27. The SMILES string of the molecule is COC(=O)CCc1ccc(NC(=O)[C@H]2CNC[C@@H]2c2cnn(C)c2)cc1.Cl. The van der Waals surface area contributed by atoms with E-state index in [-0.39, 0.29) is 36.1 Å². The largest absolute Gasteiger partial charge is 0.469 e. The zero-order valence-electron chi connectivity index (χ0n) is 15.5. The summed E-state index contributed by atoms with van der Waals surface area (Å²) in [6, 6.07) is 7.58. The van der Waals surface area contributed by atoms with Gasteiger partial charge in [-0.05, 0) is 29.7 Å². The Labute approximate surface area is 164 Å². The van der Waals surface area contributed by atoms with Crippen LogP contribution in [-0.4, -0.2) is 41.9 Å². The summed E-state index contributed by atoms with van der Waals surface area (Å²) in [7, 11) is 3.26. The van der Waals surface area contributed by atoms with Crippen LogP contribution in [0, 0.1) is 5.92 Å². The van der Waals surface area contributed by atoms with Gasteiger partial charge in [0.25, 0.3) is 0 Å². The van der Waals surface area contributed by atoms with Crippen LogP contribution in [0.4, 0.5) is 5.69 Å². The number of nitrogens with zero attached hydrogens (tertiary/aromatic N) is 2. The van der Waals surface area contributed by atoms with Crippen molar-refractivity contribution in [2.75, 3.05) is 25.5 Å². The number of hydrogen-bond donors (Lipinski definition) is 2. The summed E-state index contributed by atoms with van der Waals surface area (Å²) in [6.07, 6.45) is 4.77. The molecule has 1 aliphatic rings. The highest BCUT2D eigenvalue weighted by Crippen LogP contribution is 2.28. The summed E-state index contributed by atoms with van der Waals surface area (Å²) in [5.41, 5.74) is 2.87. The van der Waals surface area contributed by atoms with E-state index >= 15 is 0 Å². The third-order valence-electron chi connectivity index (χ3n) is 4.77. The fourth-order valence-electron chi connectivity index (χ4n) is 3.27. The van der Waals surface area contributed by atoms with E-state index < -0.39 is 0 Å². The number of carbonyl (C=O) groups is 2. The molecule has 1 fully saturated rings. The van der Waals surface area contributed by atoms with E-state index in [1.54, 1.807) is 4.68 Å². The molecule has 0 bridgehead atoms. The van der Waals surface area contributed by atoms with Gasteiger partial charge in [0.2, 0.25) is 5.91 Å². The second-order valence-electron chi connectivity index (χ2n) is 6.58. The molecule has 0 unspecified atom stereocenters. The van der Waals surface area contributed by atoms with Gasteiger partial charge in [-0.25, -0.2) is 0 Å². The second kappa shape index (κ2) is 9.53. The third kappa shape index (κ3) is 5.30. The maximum atomic E-state index is 12.7. The number of esters is 1. The molecule has 2 atom stereocenters. The second-order valence-corrected chi connectivity index (χ2v) is 6.58. The van der Waals surface area contributed by atoms with E-state index in [4.69, 9.17) is 0 Å². The number of nitrogens with one attached hydrogen (secondary N) is 2. The van der Waals surface area contributed by atoms with Crippen LogP contribution in [0.5, 0.6) is 0 Å². The minimum absolute atomic E-state index is 0. The summed E-state index contributed by atoms with van der Waals surface area (Å²) in [4.78, 5) is 23.9. The first-order chi connectivity index (χ1) is 12.6. The number of amides is 1. The lowest BCUT2D eigenvalue weighted by atomic mass is 9.90. The molecule has 0 aliphatic carbocycles. The van der Waals surface area contributed by atoms with Gasteiger partial charge in [-0.3, -0.25) is 14.3 Å². The Balaban J connectivity index is 0.00000261. The summed E-state index contributed by atoms with van der Waals surface area (Å²) in [5.74, 6) is -0.218. The van der Waals surface area contributed by atoms with Gasteiger partial charge in [-0.15, -0.1) is 12.4 Å². The van der Waals surface area contributed by atoms with Gasteiger partial charge in [0, 0.05) is 44.4 Å². The van der Waals surface area contributed by atoms with Crippen molar-refractivity contribution in [2.45, 2.75) is 18.8 Å². The minimum atomic E-state index is -0.224. The first kappa shape index (κ1) is 20.9. The number of ether oxygens (including phenoxy) is 1. The van der Waals surface area contributed by atoms with Gasteiger partial charge in [0.05, 0.1) is 19.2 Å². The Morgan fingerprint density at radius 2 is 2.04 bits per heavy atom. The third-order valence-corrected chi connectivity index (χ3v) is 4.77. The Kier molecular flexibility index (Phi) is 7.38. The number of aryl methyl sites for hydroxylation is 2. The fraction of sp³-hybridized carbons (Fsp3) is 0.421. The predicted molar refractivity (Wildman–Crippen MR) is 105 cm³/mol. The lowest BCUT2D eigenvalue weighted by molar-refractivity contribution is -0.140. The Morgan fingerprint density at radius 3 is 2.67 bits per heavy atom. The summed E-state index contributed by atoms with van der Waals surface area (Å²) in [6.45, 7) is 1.43. The van der Waals surface area contributed by atoms with Crippen molar-refractivity contribution >= 4 is 30.0 Å². The molecule has 2 aromatic rings. The highest BCUT2D eigenvalue weighted by molar-refractivity contribution is 5.93. The monoisotopic (exact) mass is 392 g/mol. The molecule has 0 saturated carbocycles. The van der Waals surface area contributed by atoms with E-state index in [1.807, 2.05) is 43.7 Å². The lowest BCUT2D eigenvalue weighted by Crippen LogP contribution is -2.28. The predicted octanol–water partition coefficient (Wildman–Crippen LogP) is 1.89. The Bertz CT molecular complexity index is 776. The molecule has 7 nitrogen and oxygen atoms in total. The molecular formula is C19H25ClN4O3. The van der Waals surface area contributed by atoms with Gasteiger partial charge in [0.1, 0.15) is 0 Å². The number of benzene rings is 1.